The van der Waals surface area contributed by atoms with Gasteiger partial charge in [-0.3, -0.25) is 10.1 Å². The van der Waals surface area contributed by atoms with E-state index in [2.05, 4.69) is 20.7 Å². The third-order valence-corrected chi connectivity index (χ3v) is 2.19. The van der Waals surface area contributed by atoms with Crippen molar-refractivity contribution in [3.05, 3.63) is 32.5 Å². The van der Waals surface area contributed by atoms with Crippen LogP contribution in [0, 0.1) is 15.9 Å². The lowest BCUT2D eigenvalue weighted by atomic mass is 10.3. The number of nitro groups is 1. The van der Waals surface area contributed by atoms with Crippen LogP contribution < -0.4 is 4.74 Å². The highest BCUT2D eigenvalue weighted by atomic mass is 79.9. The summed E-state index contributed by atoms with van der Waals surface area (Å²) in [5.41, 5.74) is -0.380. The Labute approximate surface area is 85.8 Å². The maximum absolute atomic E-state index is 12.9. The van der Waals surface area contributed by atoms with Gasteiger partial charge in [0.25, 0.3) is 5.69 Å². The van der Waals surface area contributed by atoms with Crippen LogP contribution in [0.5, 0.6) is 5.75 Å². The minimum atomic E-state index is -1.25. The van der Waals surface area contributed by atoms with Gasteiger partial charge in [-0.25, -0.2) is 8.78 Å². The van der Waals surface area contributed by atoms with Crippen molar-refractivity contribution in [2.24, 2.45) is 0 Å². The van der Waals surface area contributed by atoms with E-state index in [0.29, 0.717) is 0 Å². The third kappa shape index (κ3) is 1.98. The van der Waals surface area contributed by atoms with Gasteiger partial charge in [0.1, 0.15) is 4.47 Å². The summed E-state index contributed by atoms with van der Waals surface area (Å²) in [5.74, 6) is -1.36. The Hall–Kier alpha value is -1.24. The maximum Gasteiger partial charge on any atom is 0.287 e. The monoisotopic (exact) mass is 267 g/mol. The molecule has 0 saturated heterocycles. The number of alkyl halides is 1. The molecular formula is C7H4BrF2NO3. The molecule has 0 bridgehead atoms. The first-order valence-corrected chi connectivity index (χ1v) is 4.18. The number of hydrogen-bond donors (Lipinski definition) is 0. The van der Waals surface area contributed by atoms with Crippen LogP contribution in [0.3, 0.4) is 0 Å². The second-order valence-electron chi connectivity index (χ2n) is 2.22. The first-order valence-electron chi connectivity index (χ1n) is 3.39. The standard InChI is InChI=1S/C7H4BrF2NO3/c8-6-5(11(12)13)2-1-4(10)7(6)14-3-9/h1-2H,3H2. The fourth-order valence-corrected chi connectivity index (χ4v) is 1.43. The van der Waals surface area contributed by atoms with Crippen LogP contribution in [0.15, 0.2) is 16.6 Å². The minimum Gasteiger partial charge on any atom is -0.458 e. The van der Waals surface area contributed by atoms with Crippen LogP contribution in [0.1, 0.15) is 0 Å². The summed E-state index contributed by atoms with van der Waals surface area (Å²) in [6.07, 6.45) is 0. The van der Waals surface area contributed by atoms with Gasteiger partial charge >= 0.3 is 0 Å². The largest absolute Gasteiger partial charge is 0.458 e. The molecule has 0 fully saturated rings. The van der Waals surface area contributed by atoms with Gasteiger partial charge in [0.05, 0.1) is 4.92 Å². The van der Waals surface area contributed by atoms with Gasteiger partial charge in [0, 0.05) is 6.07 Å². The molecule has 0 aliphatic heterocycles. The molecule has 1 aromatic carbocycles. The highest BCUT2D eigenvalue weighted by Gasteiger charge is 2.20. The molecule has 0 aliphatic rings. The van der Waals surface area contributed by atoms with Gasteiger partial charge in [-0.05, 0) is 22.0 Å². The summed E-state index contributed by atoms with van der Waals surface area (Å²) in [6, 6.07) is 1.80. The van der Waals surface area contributed by atoms with Crippen molar-refractivity contribution < 1.29 is 18.4 Å². The molecule has 14 heavy (non-hydrogen) atoms. The van der Waals surface area contributed by atoms with E-state index in [0.717, 1.165) is 12.1 Å². The minimum absolute atomic E-state index is 0.208. The lowest BCUT2D eigenvalue weighted by Crippen LogP contribution is -1.98. The molecule has 0 heterocycles. The average molecular weight is 268 g/mol. The Morgan fingerprint density at radius 2 is 2.21 bits per heavy atom. The summed E-state index contributed by atoms with van der Waals surface area (Å²) >= 11 is 2.76. The van der Waals surface area contributed by atoms with Crippen molar-refractivity contribution >= 4 is 21.6 Å². The Bertz CT molecular complexity index is 372. The predicted molar refractivity (Wildman–Crippen MR) is 47.4 cm³/mol. The number of ether oxygens (including phenoxy) is 1. The van der Waals surface area contributed by atoms with Crippen molar-refractivity contribution in [1.82, 2.24) is 0 Å². The van der Waals surface area contributed by atoms with E-state index in [1.54, 1.807) is 0 Å². The Morgan fingerprint density at radius 1 is 1.57 bits per heavy atom. The van der Waals surface area contributed by atoms with Crippen molar-refractivity contribution in [3.8, 4) is 5.75 Å². The highest BCUT2D eigenvalue weighted by molar-refractivity contribution is 9.10. The van der Waals surface area contributed by atoms with E-state index in [-0.39, 0.29) is 10.2 Å². The summed E-state index contributed by atoms with van der Waals surface area (Å²) < 4.78 is 28.8. The molecule has 7 heteroatoms. The van der Waals surface area contributed by atoms with Gasteiger partial charge in [-0.2, -0.15) is 0 Å². The Kier molecular flexibility index (Phi) is 3.34. The third-order valence-electron chi connectivity index (χ3n) is 1.42. The zero-order valence-electron chi connectivity index (χ0n) is 6.67. The molecule has 0 radical (unpaired) electrons. The fraction of sp³-hybridized carbons (Fsp3) is 0.143. The number of benzene rings is 1. The summed E-state index contributed by atoms with van der Waals surface area (Å²) in [5, 5.41) is 10.4. The number of halogens is 3. The van der Waals surface area contributed by atoms with Crippen LogP contribution in [0.25, 0.3) is 0 Å². The average Bonchev–Trinajstić information content (AvgIpc) is 2.11. The van der Waals surface area contributed by atoms with Crippen molar-refractivity contribution in [2.45, 2.75) is 0 Å². The van der Waals surface area contributed by atoms with Crippen LogP contribution in [-0.2, 0) is 0 Å². The van der Waals surface area contributed by atoms with E-state index in [1.807, 2.05) is 0 Å². The summed E-state index contributed by atoms with van der Waals surface area (Å²) in [7, 11) is 0. The van der Waals surface area contributed by atoms with Crippen molar-refractivity contribution in [1.29, 1.82) is 0 Å². The lowest BCUT2D eigenvalue weighted by molar-refractivity contribution is -0.385. The second-order valence-corrected chi connectivity index (χ2v) is 3.01. The zero-order valence-corrected chi connectivity index (χ0v) is 8.25. The first kappa shape index (κ1) is 10.8. The zero-order chi connectivity index (χ0) is 10.7. The fourth-order valence-electron chi connectivity index (χ4n) is 0.850. The molecule has 0 spiro atoms. The number of rotatable bonds is 3. The van der Waals surface area contributed by atoms with E-state index in [9.17, 15) is 18.9 Å². The molecule has 0 unspecified atom stereocenters. The number of hydrogen-bond acceptors (Lipinski definition) is 3. The first-order chi connectivity index (χ1) is 6.57. The van der Waals surface area contributed by atoms with Crippen molar-refractivity contribution in [3.63, 3.8) is 0 Å². The van der Waals surface area contributed by atoms with Gasteiger partial charge < -0.3 is 4.74 Å². The molecule has 0 saturated carbocycles. The molecule has 4 nitrogen and oxygen atoms in total. The SMILES string of the molecule is O=[N+]([O-])c1ccc(F)c(OCF)c1Br. The normalized spacial score (nSPS) is 9.93. The smallest absolute Gasteiger partial charge is 0.287 e. The Balaban J connectivity index is 3.26. The quantitative estimate of drug-likeness (QED) is 0.625. The molecular weight excluding hydrogens is 264 g/mol. The number of nitrogens with zero attached hydrogens (tertiary/aromatic N) is 1. The van der Waals surface area contributed by atoms with Crippen molar-refractivity contribution in [2.75, 3.05) is 6.86 Å². The molecule has 0 atom stereocenters. The molecule has 0 aromatic heterocycles. The van der Waals surface area contributed by atoms with Crippen LogP contribution in [0.4, 0.5) is 14.5 Å². The predicted octanol–water partition coefficient (Wildman–Crippen LogP) is 2.80. The Morgan fingerprint density at radius 3 is 2.71 bits per heavy atom. The van der Waals surface area contributed by atoms with E-state index in [1.165, 1.54) is 0 Å². The lowest BCUT2D eigenvalue weighted by Gasteiger charge is -2.05. The van der Waals surface area contributed by atoms with Gasteiger partial charge in [0.15, 0.2) is 11.6 Å². The van der Waals surface area contributed by atoms with E-state index in [4.69, 9.17) is 0 Å². The van der Waals surface area contributed by atoms with Gasteiger partial charge in [0.2, 0.25) is 6.86 Å². The maximum atomic E-state index is 12.9. The van der Waals surface area contributed by atoms with E-state index >= 15 is 0 Å². The van der Waals surface area contributed by atoms with Crippen LogP contribution in [-0.4, -0.2) is 11.8 Å². The number of nitro benzene ring substituents is 1. The highest BCUT2D eigenvalue weighted by Crippen LogP contribution is 2.36. The van der Waals surface area contributed by atoms with Gasteiger partial charge in [-0.15, -0.1) is 0 Å². The molecule has 1 rings (SSSR count). The summed E-state index contributed by atoms with van der Waals surface area (Å²) in [4.78, 5) is 9.67. The molecule has 0 aliphatic carbocycles. The van der Waals surface area contributed by atoms with Crippen LogP contribution >= 0.6 is 15.9 Å². The molecule has 1 aromatic rings. The topological polar surface area (TPSA) is 52.4 Å². The second kappa shape index (κ2) is 4.32. The molecule has 76 valence electrons. The molecule has 0 amide bonds. The summed E-state index contributed by atoms with van der Waals surface area (Å²) in [6.45, 7) is -1.25. The van der Waals surface area contributed by atoms with Crippen LogP contribution in [0.2, 0.25) is 0 Å². The van der Waals surface area contributed by atoms with Gasteiger partial charge in [-0.1, -0.05) is 0 Å². The molecule has 0 N–H and O–H groups in total. The van der Waals surface area contributed by atoms with E-state index < -0.39 is 23.4 Å².